The lowest BCUT2D eigenvalue weighted by molar-refractivity contribution is 0.201. The molecule has 0 heterocycles. The molecule has 0 amide bonds. The van der Waals surface area contributed by atoms with Crippen LogP contribution in [0, 0.1) is 13.8 Å². The molecule has 0 spiro atoms. The first-order chi connectivity index (χ1) is 9.79. The summed E-state index contributed by atoms with van der Waals surface area (Å²) in [4.78, 5) is 0.124. The number of aliphatic hydroxyl groups excluding tert-OH is 1. The molecule has 1 unspecified atom stereocenters. The summed E-state index contributed by atoms with van der Waals surface area (Å²) in [5.41, 5.74) is 2.58. The Balaban J connectivity index is 2.28. The molecule has 0 aliphatic rings. The summed E-state index contributed by atoms with van der Waals surface area (Å²) in [7, 11) is -3.59. The van der Waals surface area contributed by atoms with Gasteiger partial charge in [-0.1, -0.05) is 41.4 Å². The summed E-state index contributed by atoms with van der Waals surface area (Å²) >= 11 is 5.82. The first-order valence-electron chi connectivity index (χ1n) is 6.53. The first-order valence-corrected chi connectivity index (χ1v) is 8.56. The van der Waals surface area contributed by atoms with Crippen LogP contribution in [0.2, 0.25) is 5.02 Å². The van der Waals surface area contributed by atoms with Crippen LogP contribution in [0.3, 0.4) is 0 Å². The zero-order valence-corrected chi connectivity index (χ0v) is 13.4. The quantitative estimate of drug-likeness (QED) is 0.937. The van der Waals surface area contributed by atoms with E-state index in [0.29, 0.717) is 10.6 Å². The van der Waals surface area contributed by atoms with Gasteiger partial charge in [0.15, 0.2) is 9.84 Å². The van der Waals surface area contributed by atoms with Gasteiger partial charge in [-0.3, -0.25) is 0 Å². The van der Waals surface area contributed by atoms with Gasteiger partial charge in [0.05, 0.1) is 16.8 Å². The van der Waals surface area contributed by atoms with Crippen LogP contribution in [0.1, 0.15) is 22.8 Å². The second kappa shape index (κ2) is 6.18. The van der Waals surface area contributed by atoms with Crippen molar-refractivity contribution in [1.82, 2.24) is 0 Å². The fourth-order valence-electron chi connectivity index (χ4n) is 2.25. The van der Waals surface area contributed by atoms with Crippen molar-refractivity contribution in [2.75, 3.05) is 5.75 Å². The molecular formula is C16H17ClO3S. The minimum absolute atomic E-state index is 0.124. The van der Waals surface area contributed by atoms with E-state index in [2.05, 4.69) is 0 Å². The van der Waals surface area contributed by atoms with Gasteiger partial charge in [0.2, 0.25) is 0 Å². The van der Waals surface area contributed by atoms with E-state index in [1.165, 1.54) is 12.1 Å². The van der Waals surface area contributed by atoms with E-state index in [4.69, 9.17) is 11.6 Å². The van der Waals surface area contributed by atoms with E-state index >= 15 is 0 Å². The lowest BCUT2D eigenvalue weighted by Gasteiger charge is -2.15. The molecule has 0 aliphatic heterocycles. The Morgan fingerprint density at radius 2 is 1.86 bits per heavy atom. The molecule has 3 nitrogen and oxygen atoms in total. The fourth-order valence-corrected chi connectivity index (χ4v) is 3.89. The second-order valence-electron chi connectivity index (χ2n) is 5.11. The molecule has 0 saturated carbocycles. The summed E-state index contributed by atoms with van der Waals surface area (Å²) < 4.78 is 24.7. The van der Waals surface area contributed by atoms with Crippen molar-refractivity contribution in [1.29, 1.82) is 0 Å². The van der Waals surface area contributed by atoms with Crippen molar-refractivity contribution < 1.29 is 13.5 Å². The van der Waals surface area contributed by atoms with Gasteiger partial charge in [-0.05, 0) is 43.2 Å². The van der Waals surface area contributed by atoms with E-state index in [-0.39, 0.29) is 10.6 Å². The molecule has 5 heteroatoms. The minimum Gasteiger partial charge on any atom is -0.387 e. The monoisotopic (exact) mass is 324 g/mol. The Hall–Kier alpha value is -1.36. The summed E-state index contributed by atoms with van der Waals surface area (Å²) in [6.45, 7) is 3.81. The van der Waals surface area contributed by atoms with Gasteiger partial charge in [-0.25, -0.2) is 8.42 Å². The van der Waals surface area contributed by atoms with Crippen LogP contribution in [-0.4, -0.2) is 19.3 Å². The molecule has 21 heavy (non-hydrogen) atoms. The molecule has 1 N–H and O–H groups in total. The van der Waals surface area contributed by atoms with E-state index in [9.17, 15) is 13.5 Å². The van der Waals surface area contributed by atoms with E-state index < -0.39 is 15.9 Å². The van der Waals surface area contributed by atoms with Crippen LogP contribution in [0.4, 0.5) is 0 Å². The van der Waals surface area contributed by atoms with Gasteiger partial charge < -0.3 is 5.11 Å². The van der Waals surface area contributed by atoms with Crippen LogP contribution in [0.15, 0.2) is 47.4 Å². The highest BCUT2D eigenvalue weighted by molar-refractivity contribution is 7.91. The van der Waals surface area contributed by atoms with Crippen molar-refractivity contribution in [3.8, 4) is 0 Å². The molecule has 0 bridgehead atoms. The molecule has 2 aromatic rings. The second-order valence-corrected chi connectivity index (χ2v) is 7.59. The summed E-state index contributed by atoms with van der Waals surface area (Å²) in [5.74, 6) is -0.364. The molecule has 0 aromatic heterocycles. The Bertz CT molecular complexity index is 754. The Kier molecular flexibility index (Phi) is 4.71. The first kappa shape index (κ1) is 16.0. The number of hydrogen-bond acceptors (Lipinski definition) is 3. The SMILES string of the molecule is Cc1ccc(C(O)CS(=O)(=O)c2cccc(Cl)c2)c(C)c1. The summed E-state index contributed by atoms with van der Waals surface area (Å²) in [6.07, 6.45) is -1.06. The zero-order chi connectivity index (χ0) is 15.6. The third-order valence-corrected chi connectivity index (χ3v) is 5.28. The Labute approximate surface area is 130 Å². The van der Waals surface area contributed by atoms with E-state index in [0.717, 1.165) is 11.1 Å². The van der Waals surface area contributed by atoms with E-state index in [1.54, 1.807) is 18.2 Å². The highest BCUT2D eigenvalue weighted by Gasteiger charge is 2.22. The summed E-state index contributed by atoms with van der Waals surface area (Å²) in [5, 5.41) is 10.6. The predicted octanol–water partition coefficient (Wildman–Crippen LogP) is 3.46. The van der Waals surface area contributed by atoms with E-state index in [1.807, 2.05) is 26.0 Å². The largest absolute Gasteiger partial charge is 0.387 e. The molecule has 2 aromatic carbocycles. The topological polar surface area (TPSA) is 54.4 Å². The molecule has 0 fully saturated rings. The van der Waals surface area contributed by atoms with Crippen molar-refractivity contribution in [2.24, 2.45) is 0 Å². The average Bonchev–Trinajstić information content (AvgIpc) is 2.37. The standard InChI is InChI=1S/C16H17ClO3S/c1-11-6-7-15(12(2)8-11)16(18)10-21(19,20)14-5-3-4-13(17)9-14/h3-9,16,18H,10H2,1-2H3. The zero-order valence-electron chi connectivity index (χ0n) is 11.9. The molecule has 0 radical (unpaired) electrons. The maximum atomic E-state index is 12.3. The number of rotatable bonds is 4. The maximum Gasteiger partial charge on any atom is 0.181 e. The molecule has 0 aliphatic carbocycles. The van der Waals surface area contributed by atoms with Crippen LogP contribution >= 0.6 is 11.6 Å². The number of benzene rings is 2. The molecule has 112 valence electrons. The smallest absolute Gasteiger partial charge is 0.181 e. The molecule has 2 rings (SSSR count). The number of sulfone groups is 1. The average molecular weight is 325 g/mol. The molecular weight excluding hydrogens is 308 g/mol. The van der Waals surface area contributed by atoms with Gasteiger partial charge >= 0.3 is 0 Å². The van der Waals surface area contributed by atoms with Crippen LogP contribution in [0.5, 0.6) is 0 Å². The Morgan fingerprint density at radius 1 is 1.14 bits per heavy atom. The van der Waals surface area contributed by atoms with Crippen LogP contribution in [0.25, 0.3) is 0 Å². The van der Waals surface area contributed by atoms with Gasteiger partial charge in [0.25, 0.3) is 0 Å². The minimum atomic E-state index is -3.59. The van der Waals surface area contributed by atoms with Gasteiger partial charge in [0.1, 0.15) is 0 Å². The van der Waals surface area contributed by atoms with Crippen molar-refractivity contribution in [3.05, 3.63) is 64.2 Å². The van der Waals surface area contributed by atoms with Crippen molar-refractivity contribution >= 4 is 21.4 Å². The summed E-state index contributed by atoms with van der Waals surface area (Å²) in [6, 6.07) is 11.6. The normalized spacial score (nSPS) is 13.1. The lowest BCUT2D eigenvalue weighted by atomic mass is 10.0. The van der Waals surface area contributed by atoms with Crippen molar-refractivity contribution in [3.63, 3.8) is 0 Å². The lowest BCUT2D eigenvalue weighted by Crippen LogP contribution is -2.15. The maximum absolute atomic E-state index is 12.3. The van der Waals surface area contributed by atoms with Gasteiger partial charge in [0, 0.05) is 5.02 Å². The predicted molar refractivity (Wildman–Crippen MR) is 84.4 cm³/mol. The number of aryl methyl sites for hydroxylation is 2. The third kappa shape index (κ3) is 3.84. The number of aliphatic hydroxyl groups is 1. The fraction of sp³-hybridized carbons (Fsp3) is 0.250. The molecule has 0 saturated heterocycles. The highest BCUT2D eigenvalue weighted by atomic mass is 35.5. The van der Waals surface area contributed by atoms with Gasteiger partial charge in [-0.15, -0.1) is 0 Å². The molecule has 1 atom stereocenters. The third-order valence-electron chi connectivity index (χ3n) is 3.32. The number of hydrogen-bond donors (Lipinski definition) is 1. The van der Waals surface area contributed by atoms with Crippen LogP contribution in [-0.2, 0) is 9.84 Å². The van der Waals surface area contributed by atoms with Gasteiger partial charge in [-0.2, -0.15) is 0 Å². The Morgan fingerprint density at radius 3 is 2.48 bits per heavy atom. The highest BCUT2D eigenvalue weighted by Crippen LogP contribution is 2.24. The van der Waals surface area contributed by atoms with Crippen LogP contribution < -0.4 is 0 Å². The van der Waals surface area contributed by atoms with Crippen molar-refractivity contribution in [2.45, 2.75) is 24.8 Å². The number of halogens is 1.